The average molecular weight is 275 g/mol. The van der Waals surface area contributed by atoms with Crippen molar-refractivity contribution in [2.24, 2.45) is 7.05 Å². The highest BCUT2D eigenvalue weighted by Crippen LogP contribution is 2.23. The summed E-state index contributed by atoms with van der Waals surface area (Å²) in [4.78, 5) is 11.4. The highest BCUT2D eigenvalue weighted by Gasteiger charge is 2.21. The molecule has 0 unspecified atom stereocenters. The van der Waals surface area contributed by atoms with E-state index in [0.29, 0.717) is 6.04 Å². The standard InChI is InChI=1S/C13H17N5S/c1-10-9-19-8-7-18(10)13-14-5-3-11(16-13)12-4-6-15-17(12)2/h3-6,10H,7-9H2,1-2H3/t10-/m0/s1. The van der Waals surface area contributed by atoms with Crippen LogP contribution in [0.1, 0.15) is 6.92 Å². The number of hydrogen-bond acceptors (Lipinski definition) is 5. The third-order valence-corrected chi connectivity index (χ3v) is 4.54. The molecule has 2 aromatic rings. The van der Waals surface area contributed by atoms with E-state index in [4.69, 9.17) is 4.98 Å². The number of nitrogens with zero attached hydrogens (tertiary/aromatic N) is 5. The fraction of sp³-hybridized carbons (Fsp3) is 0.462. The zero-order valence-electron chi connectivity index (χ0n) is 11.2. The molecule has 5 nitrogen and oxygen atoms in total. The van der Waals surface area contributed by atoms with E-state index in [2.05, 4.69) is 21.9 Å². The largest absolute Gasteiger partial charge is 0.336 e. The van der Waals surface area contributed by atoms with Crippen molar-refractivity contribution in [1.29, 1.82) is 0 Å². The van der Waals surface area contributed by atoms with Crippen molar-refractivity contribution in [3.05, 3.63) is 24.5 Å². The zero-order chi connectivity index (χ0) is 13.2. The fourth-order valence-corrected chi connectivity index (χ4v) is 3.29. The Labute approximate surface area is 117 Å². The summed E-state index contributed by atoms with van der Waals surface area (Å²) in [7, 11) is 1.93. The lowest BCUT2D eigenvalue weighted by Crippen LogP contribution is -2.41. The van der Waals surface area contributed by atoms with Crippen LogP contribution in [-0.2, 0) is 7.05 Å². The van der Waals surface area contributed by atoms with E-state index >= 15 is 0 Å². The third-order valence-electron chi connectivity index (χ3n) is 3.35. The Kier molecular flexibility index (Phi) is 3.42. The zero-order valence-corrected chi connectivity index (χ0v) is 12.0. The third kappa shape index (κ3) is 2.45. The predicted octanol–water partition coefficient (Wildman–Crippen LogP) is 1.82. The lowest BCUT2D eigenvalue weighted by molar-refractivity contribution is 0.677. The summed E-state index contributed by atoms with van der Waals surface area (Å²) in [5.41, 5.74) is 1.94. The molecule has 1 atom stereocenters. The molecule has 0 aliphatic carbocycles. The van der Waals surface area contributed by atoms with E-state index in [1.807, 2.05) is 41.8 Å². The number of aryl methyl sites for hydroxylation is 1. The molecule has 0 amide bonds. The van der Waals surface area contributed by atoms with Crippen molar-refractivity contribution in [2.45, 2.75) is 13.0 Å². The van der Waals surface area contributed by atoms with Crippen LogP contribution in [0.15, 0.2) is 24.5 Å². The van der Waals surface area contributed by atoms with Crippen molar-refractivity contribution in [1.82, 2.24) is 19.7 Å². The van der Waals surface area contributed by atoms with Crippen LogP contribution in [0.2, 0.25) is 0 Å². The SMILES string of the molecule is C[C@H]1CSCCN1c1nccc(-c2ccnn2C)n1. The van der Waals surface area contributed by atoms with Crippen molar-refractivity contribution in [2.75, 3.05) is 23.0 Å². The summed E-state index contributed by atoms with van der Waals surface area (Å²) < 4.78 is 1.83. The van der Waals surface area contributed by atoms with Gasteiger partial charge in [-0.15, -0.1) is 0 Å². The van der Waals surface area contributed by atoms with E-state index in [1.54, 1.807) is 6.20 Å². The summed E-state index contributed by atoms with van der Waals surface area (Å²) >= 11 is 1.99. The van der Waals surface area contributed by atoms with Gasteiger partial charge in [-0.3, -0.25) is 4.68 Å². The quantitative estimate of drug-likeness (QED) is 0.836. The topological polar surface area (TPSA) is 46.8 Å². The Hall–Kier alpha value is -1.56. The molecule has 100 valence electrons. The van der Waals surface area contributed by atoms with Crippen LogP contribution in [-0.4, -0.2) is 43.8 Å². The van der Waals surface area contributed by atoms with Crippen LogP contribution < -0.4 is 4.90 Å². The van der Waals surface area contributed by atoms with E-state index in [9.17, 15) is 0 Å². The molecule has 3 rings (SSSR count). The molecule has 0 spiro atoms. The van der Waals surface area contributed by atoms with Crippen molar-refractivity contribution < 1.29 is 0 Å². The maximum absolute atomic E-state index is 4.69. The van der Waals surface area contributed by atoms with Gasteiger partial charge in [0.2, 0.25) is 5.95 Å². The monoisotopic (exact) mass is 275 g/mol. The molecule has 1 saturated heterocycles. The predicted molar refractivity (Wildman–Crippen MR) is 78.4 cm³/mol. The van der Waals surface area contributed by atoms with Gasteiger partial charge in [0.25, 0.3) is 0 Å². The van der Waals surface area contributed by atoms with Gasteiger partial charge in [-0.2, -0.15) is 16.9 Å². The second-order valence-corrected chi connectivity index (χ2v) is 5.85. The molecule has 0 bridgehead atoms. The molecule has 0 N–H and O–H groups in total. The van der Waals surface area contributed by atoms with Gasteiger partial charge in [-0.25, -0.2) is 9.97 Å². The van der Waals surface area contributed by atoms with Gasteiger partial charge < -0.3 is 4.90 Å². The molecule has 3 heterocycles. The second kappa shape index (κ2) is 5.21. The van der Waals surface area contributed by atoms with Gasteiger partial charge in [-0.05, 0) is 19.1 Å². The molecule has 19 heavy (non-hydrogen) atoms. The first-order chi connectivity index (χ1) is 9.25. The molecular formula is C13H17N5S. The van der Waals surface area contributed by atoms with E-state index in [0.717, 1.165) is 35.4 Å². The van der Waals surface area contributed by atoms with Gasteiger partial charge >= 0.3 is 0 Å². The van der Waals surface area contributed by atoms with Gasteiger partial charge in [-0.1, -0.05) is 0 Å². The molecule has 1 aliphatic rings. The van der Waals surface area contributed by atoms with Gasteiger partial charge in [0, 0.05) is 43.5 Å². The maximum atomic E-state index is 4.69. The first kappa shape index (κ1) is 12.5. The number of hydrogen-bond donors (Lipinski definition) is 0. The number of aromatic nitrogens is 4. The summed E-state index contributed by atoms with van der Waals surface area (Å²) in [6, 6.07) is 4.39. The van der Waals surface area contributed by atoms with Crippen molar-refractivity contribution in [3.8, 4) is 11.4 Å². The minimum absolute atomic E-state index is 0.487. The molecule has 1 fully saturated rings. The fourth-order valence-electron chi connectivity index (χ4n) is 2.28. The Morgan fingerprint density at radius 1 is 1.32 bits per heavy atom. The summed E-state index contributed by atoms with van der Waals surface area (Å²) in [5.74, 6) is 3.11. The highest BCUT2D eigenvalue weighted by atomic mass is 32.2. The lowest BCUT2D eigenvalue weighted by atomic mass is 10.3. The van der Waals surface area contributed by atoms with Crippen molar-refractivity contribution in [3.63, 3.8) is 0 Å². The number of thioether (sulfide) groups is 1. The molecule has 0 aromatic carbocycles. The minimum Gasteiger partial charge on any atom is -0.336 e. The first-order valence-electron chi connectivity index (χ1n) is 6.41. The Morgan fingerprint density at radius 2 is 2.21 bits per heavy atom. The molecule has 6 heteroatoms. The Balaban J connectivity index is 1.94. The van der Waals surface area contributed by atoms with Gasteiger partial charge in [0.1, 0.15) is 0 Å². The van der Waals surface area contributed by atoms with Crippen LogP contribution in [0.4, 0.5) is 5.95 Å². The smallest absolute Gasteiger partial charge is 0.226 e. The van der Waals surface area contributed by atoms with Crippen LogP contribution in [0.3, 0.4) is 0 Å². The molecule has 0 radical (unpaired) electrons. The molecule has 1 aliphatic heterocycles. The van der Waals surface area contributed by atoms with Crippen LogP contribution >= 0.6 is 11.8 Å². The van der Waals surface area contributed by atoms with E-state index in [1.165, 1.54) is 0 Å². The van der Waals surface area contributed by atoms with Crippen LogP contribution in [0.25, 0.3) is 11.4 Å². The maximum Gasteiger partial charge on any atom is 0.226 e. The first-order valence-corrected chi connectivity index (χ1v) is 7.57. The summed E-state index contributed by atoms with van der Waals surface area (Å²) in [6.07, 6.45) is 3.62. The van der Waals surface area contributed by atoms with E-state index in [-0.39, 0.29) is 0 Å². The summed E-state index contributed by atoms with van der Waals surface area (Å²) in [5, 5.41) is 4.19. The normalized spacial score (nSPS) is 19.7. The lowest BCUT2D eigenvalue weighted by Gasteiger charge is -2.33. The Morgan fingerprint density at radius 3 is 2.95 bits per heavy atom. The number of rotatable bonds is 2. The highest BCUT2D eigenvalue weighted by molar-refractivity contribution is 7.99. The average Bonchev–Trinajstić information content (AvgIpc) is 2.86. The van der Waals surface area contributed by atoms with E-state index < -0.39 is 0 Å². The minimum atomic E-state index is 0.487. The van der Waals surface area contributed by atoms with Crippen molar-refractivity contribution >= 4 is 17.7 Å². The number of anilines is 1. The second-order valence-electron chi connectivity index (χ2n) is 4.70. The molecular weight excluding hydrogens is 258 g/mol. The molecule has 2 aromatic heterocycles. The van der Waals surface area contributed by atoms with Crippen LogP contribution in [0.5, 0.6) is 0 Å². The van der Waals surface area contributed by atoms with Gasteiger partial charge in [0.05, 0.1) is 11.4 Å². The Bertz CT molecular complexity index is 568. The van der Waals surface area contributed by atoms with Crippen LogP contribution in [0, 0.1) is 0 Å². The summed E-state index contributed by atoms with van der Waals surface area (Å²) in [6.45, 7) is 3.24. The molecule has 0 saturated carbocycles. The van der Waals surface area contributed by atoms with Gasteiger partial charge in [0.15, 0.2) is 0 Å².